The predicted octanol–water partition coefficient (Wildman–Crippen LogP) is 5.98. The van der Waals surface area contributed by atoms with Crippen LogP contribution in [0, 0.1) is 0 Å². The van der Waals surface area contributed by atoms with Gasteiger partial charge in [-0.3, -0.25) is 9.59 Å². The molecular weight excluding hydrogens is 404 g/mol. The first kappa shape index (κ1) is 26.0. The molecule has 0 atom stereocenters. The van der Waals surface area contributed by atoms with Crippen molar-refractivity contribution >= 4 is 17.5 Å². The fourth-order valence-corrected chi connectivity index (χ4v) is 3.95. The van der Waals surface area contributed by atoms with Gasteiger partial charge in [0.1, 0.15) is 0 Å². The summed E-state index contributed by atoms with van der Waals surface area (Å²) in [5, 5.41) is 3.02. The van der Waals surface area contributed by atoms with E-state index in [4.69, 9.17) is 9.47 Å². The first-order chi connectivity index (χ1) is 15.7. The SMILES string of the molecule is CCCCCCCCCCCC(=O)NCCCCN(C(=O)CC)c1ccc2c(c1)OCO2. The van der Waals surface area contributed by atoms with Crippen molar-refractivity contribution in [2.45, 2.75) is 97.3 Å². The highest BCUT2D eigenvalue weighted by molar-refractivity contribution is 5.93. The Balaban J connectivity index is 1.56. The lowest BCUT2D eigenvalue weighted by Crippen LogP contribution is -2.32. The van der Waals surface area contributed by atoms with Crippen LogP contribution in [-0.2, 0) is 9.59 Å². The highest BCUT2D eigenvalue weighted by Crippen LogP contribution is 2.35. The lowest BCUT2D eigenvalue weighted by molar-refractivity contribution is -0.121. The smallest absolute Gasteiger partial charge is 0.231 e. The molecule has 1 aromatic rings. The molecule has 6 nitrogen and oxygen atoms in total. The van der Waals surface area contributed by atoms with E-state index in [9.17, 15) is 9.59 Å². The van der Waals surface area contributed by atoms with Crippen molar-refractivity contribution in [1.82, 2.24) is 5.32 Å². The van der Waals surface area contributed by atoms with Gasteiger partial charge in [0, 0.05) is 37.7 Å². The van der Waals surface area contributed by atoms with Crippen LogP contribution in [0.25, 0.3) is 0 Å². The van der Waals surface area contributed by atoms with Gasteiger partial charge in [-0.15, -0.1) is 0 Å². The van der Waals surface area contributed by atoms with Gasteiger partial charge in [0.25, 0.3) is 0 Å². The van der Waals surface area contributed by atoms with Gasteiger partial charge in [0.2, 0.25) is 18.6 Å². The zero-order valence-corrected chi connectivity index (χ0v) is 20.1. The van der Waals surface area contributed by atoms with Crippen LogP contribution in [-0.4, -0.2) is 31.7 Å². The number of unbranched alkanes of at least 4 members (excludes halogenated alkanes) is 9. The summed E-state index contributed by atoms with van der Waals surface area (Å²) >= 11 is 0. The van der Waals surface area contributed by atoms with E-state index in [2.05, 4.69) is 12.2 Å². The maximum atomic E-state index is 12.4. The summed E-state index contributed by atoms with van der Waals surface area (Å²) in [5.74, 6) is 1.62. The van der Waals surface area contributed by atoms with Gasteiger partial charge in [-0.1, -0.05) is 65.2 Å². The number of benzene rings is 1. The number of amides is 2. The van der Waals surface area contributed by atoms with Gasteiger partial charge < -0.3 is 19.7 Å². The Labute approximate surface area is 194 Å². The quantitative estimate of drug-likeness (QED) is 0.299. The summed E-state index contributed by atoms with van der Waals surface area (Å²) in [7, 11) is 0. The molecule has 0 saturated heterocycles. The summed E-state index contributed by atoms with van der Waals surface area (Å²) < 4.78 is 10.8. The molecule has 1 heterocycles. The van der Waals surface area contributed by atoms with Gasteiger partial charge in [-0.05, 0) is 31.4 Å². The zero-order chi connectivity index (χ0) is 23.0. The van der Waals surface area contributed by atoms with Crippen molar-refractivity contribution in [3.05, 3.63) is 18.2 Å². The first-order valence-electron chi connectivity index (χ1n) is 12.6. The third-order valence-electron chi connectivity index (χ3n) is 5.91. The Kier molecular flexibility index (Phi) is 12.6. The van der Waals surface area contributed by atoms with Crippen molar-refractivity contribution in [3.8, 4) is 11.5 Å². The number of carbonyl (C=O) groups excluding carboxylic acids is 2. The summed E-state index contributed by atoms with van der Waals surface area (Å²) in [6.45, 7) is 5.62. The second kappa shape index (κ2) is 15.5. The molecule has 1 aromatic carbocycles. The number of carbonyl (C=O) groups is 2. The predicted molar refractivity (Wildman–Crippen MR) is 129 cm³/mol. The molecule has 0 bridgehead atoms. The molecule has 180 valence electrons. The highest BCUT2D eigenvalue weighted by atomic mass is 16.7. The van der Waals surface area contributed by atoms with Crippen molar-refractivity contribution in [2.24, 2.45) is 0 Å². The molecule has 2 amide bonds. The maximum absolute atomic E-state index is 12.4. The molecule has 32 heavy (non-hydrogen) atoms. The normalized spacial score (nSPS) is 12.1. The number of rotatable bonds is 17. The molecule has 1 N–H and O–H groups in total. The van der Waals surface area contributed by atoms with E-state index in [1.807, 2.05) is 25.1 Å². The van der Waals surface area contributed by atoms with Crippen LogP contribution in [0.15, 0.2) is 18.2 Å². The number of fused-ring (bicyclic) bond motifs is 1. The molecule has 0 spiro atoms. The molecule has 1 aliphatic heterocycles. The van der Waals surface area contributed by atoms with Crippen LogP contribution in [0.1, 0.15) is 97.3 Å². The van der Waals surface area contributed by atoms with E-state index in [1.54, 1.807) is 4.90 Å². The molecule has 0 radical (unpaired) electrons. The Hall–Kier alpha value is -2.24. The maximum Gasteiger partial charge on any atom is 0.231 e. The highest BCUT2D eigenvalue weighted by Gasteiger charge is 2.19. The average molecular weight is 447 g/mol. The van der Waals surface area contributed by atoms with Gasteiger partial charge in [-0.2, -0.15) is 0 Å². The average Bonchev–Trinajstić information content (AvgIpc) is 3.27. The number of anilines is 1. The van der Waals surface area contributed by atoms with Gasteiger partial charge in [-0.25, -0.2) is 0 Å². The van der Waals surface area contributed by atoms with E-state index < -0.39 is 0 Å². The fourth-order valence-electron chi connectivity index (χ4n) is 3.95. The molecule has 6 heteroatoms. The molecule has 2 rings (SSSR count). The largest absolute Gasteiger partial charge is 0.454 e. The van der Waals surface area contributed by atoms with Crippen molar-refractivity contribution in [3.63, 3.8) is 0 Å². The summed E-state index contributed by atoms with van der Waals surface area (Å²) in [4.78, 5) is 26.3. The van der Waals surface area contributed by atoms with E-state index in [0.717, 1.165) is 31.4 Å². The lowest BCUT2D eigenvalue weighted by atomic mass is 10.1. The second-order valence-corrected chi connectivity index (χ2v) is 8.57. The minimum atomic E-state index is 0.0817. The van der Waals surface area contributed by atoms with E-state index in [0.29, 0.717) is 37.4 Å². The molecule has 0 aliphatic carbocycles. The Morgan fingerprint density at radius 2 is 1.56 bits per heavy atom. The zero-order valence-electron chi connectivity index (χ0n) is 20.1. The monoisotopic (exact) mass is 446 g/mol. The van der Waals surface area contributed by atoms with Crippen LogP contribution in [0.3, 0.4) is 0 Å². The van der Waals surface area contributed by atoms with Crippen LogP contribution in [0.4, 0.5) is 5.69 Å². The van der Waals surface area contributed by atoms with Crippen molar-refractivity contribution in [2.75, 3.05) is 24.8 Å². The molecule has 1 aliphatic rings. The Morgan fingerprint density at radius 1 is 0.875 bits per heavy atom. The Bertz CT molecular complexity index is 692. The molecule has 0 aromatic heterocycles. The molecule has 0 saturated carbocycles. The van der Waals surface area contributed by atoms with Crippen molar-refractivity contribution < 1.29 is 19.1 Å². The molecule has 0 unspecified atom stereocenters. The second-order valence-electron chi connectivity index (χ2n) is 8.57. The van der Waals surface area contributed by atoms with Crippen LogP contribution < -0.4 is 19.7 Å². The first-order valence-corrected chi connectivity index (χ1v) is 12.6. The number of hydrogen-bond acceptors (Lipinski definition) is 4. The standard InChI is InChI=1S/C26H42N2O4/c1-3-5-6-7-8-9-10-11-12-15-25(29)27-18-13-14-19-28(26(30)4-2)22-16-17-23-24(20-22)32-21-31-23/h16-17,20H,3-15,18-19,21H2,1-2H3,(H,27,29). The lowest BCUT2D eigenvalue weighted by Gasteiger charge is -2.22. The van der Waals surface area contributed by atoms with Crippen LogP contribution >= 0.6 is 0 Å². The van der Waals surface area contributed by atoms with Gasteiger partial charge in [0.05, 0.1) is 0 Å². The number of ether oxygens (including phenoxy) is 2. The topological polar surface area (TPSA) is 67.9 Å². The fraction of sp³-hybridized carbons (Fsp3) is 0.692. The third-order valence-corrected chi connectivity index (χ3v) is 5.91. The number of nitrogens with one attached hydrogen (secondary N) is 1. The van der Waals surface area contributed by atoms with Gasteiger partial charge in [0.15, 0.2) is 11.5 Å². The minimum absolute atomic E-state index is 0.0817. The molecular formula is C26H42N2O4. The summed E-state index contributed by atoms with van der Waals surface area (Å²) in [6, 6.07) is 5.61. The van der Waals surface area contributed by atoms with Crippen LogP contribution in [0.5, 0.6) is 11.5 Å². The summed E-state index contributed by atoms with van der Waals surface area (Å²) in [6.07, 6.45) is 14.1. The van der Waals surface area contributed by atoms with Crippen LogP contribution in [0.2, 0.25) is 0 Å². The number of nitrogens with zero attached hydrogens (tertiary/aromatic N) is 1. The minimum Gasteiger partial charge on any atom is -0.454 e. The van der Waals surface area contributed by atoms with E-state index in [1.165, 1.54) is 44.9 Å². The van der Waals surface area contributed by atoms with Gasteiger partial charge >= 0.3 is 0 Å². The molecule has 0 fully saturated rings. The number of hydrogen-bond donors (Lipinski definition) is 1. The Morgan fingerprint density at radius 3 is 2.28 bits per heavy atom. The van der Waals surface area contributed by atoms with Crippen molar-refractivity contribution in [1.29, 1.82) is 0 Å². The summed E-state index contributed by atoms with van der Waals surface area (Å²) in [5.41, 5.74) is 0.829. The van der Waals surface area contributed by atoms with E-state index in [-0.39, 0.29) is 18.6 Å². The third kappa shape index (κ3) is 9.49. The van der Waals surface area contributed by atoms with E-state index >= 15 is 0 Å².